The molecule has 0 spiro atoms. The first-order valence-corrected chi connectivity index (χ1v) is 11.8. The van der Waals surface area contributed by atoms with Crippen LogP contribution in [-0.2, 0) is 4.79 Å². The molecular formula is C24H36N6OS. The number of hydrogen-bond donors (Lipinski definition) is 4. The molecule has 0 fully saturated rings. The van der Waals surface area contributed by atoms with E-state index in [9.17, 15) is 4.79 Å². The van der Waals surface area contributed by atoms with Crippen LogP contribution in [0.3, 0.4) is 0 Å². The number of allylic oxidation sites excluding steroid dienone is 1. The fourth-order valence-corrected chi connectivity index (χ4v) is 3.72. The first-order valence-electron chi connectivity index (χ1n) is 10.9. The lowest BCUT2D eigenvalue weighted by atomic mass is 10.3. The molecule has 0 saturated carbocycles. The number of carbonyl (C=O) groups excluding carboxylic acids is 1. The van der Waals surface area contributed by atoms with E-state index in [2.05, 4.69) is 65.8 Å². The summed E-state index contributed by atoms with van der Waals surface area (Å²) < 4.78 is 0. The fourth-order valence-electron chi connectivity index (χ4n) is 2.87. The molecule has 1 aromatic heterocycles. The largest absolute Gasteiger partial charge is 0.377 e. The van der Waals surface area contributed by atoms with Gasteiger partial charge in [-0.05, 0) is 69.8 Å². The normalized spacial score (nSPS) is 13.1. The van der Waals surface area contributed by atoms with E-state index < -0.39 is 0 Å². The number of likely N-dealkylation sites (N-methyl/N-ethyl adjacent to an activating group) is 2. The Kier molecular flexibility index (Phi) is 10.4. The SMILES string of the molecule is CCC(=O)Nc1ccc(SC(C)N=C(/C=C(\C)N(C)CCNC)Nc2cc(C)c[nH]2)cc1. The van der Waals surface area contributed by atoms with E-state index in [4.69, 9.17) is 4.99 Å². The van der Waals surface area contributed by atoms with Crippen molar-refractivity contribution in [1.82, 2.24) is 15.2 Å². The van der Waals surface area contributed by atoms with Gasteiger partial charge in [0.1, 0.15) is 11.7 Å². The van der Waals surface area contributed by atoms with Gasteiger partial charge in [0.25, 0.3) is 0 Å². The van der Waals surface area contributed by atoms with Crippen molar-refractivity contribution in [2.45, 2.75) is 44.4 Å². The molecule has 0 saturated heterocycles. The number of aliphatic imine (C=N–C) groups is 1. The lowest BCUT2D eigenvalue weighted by molar-refractivity contribution is -0.115. The maximum absolute atomic E-state index is 11.6. The van der Waals surface area contributed by atoms with E-state index in [1.807, 2.05) is 44.4 Å². The first-order chi connectivity index (χ1) is 15.3. The fraction of sp³-hybridized carbons (Fsp3) is 0.417. The Hall–Kier alpha value is -2.71. The molecule has 4 N–H and O–H groups in total. The summed E-state index contributed by atoms with van der Waals surface area (Å²) in [6.07, 6.45) is 4.51. The zero-order chi connectivity index (χ0) is 23.5. The van der Waals surface area contributed by atoms with Crippen molar-refractivity contribution in [2.75, 3.05) is 37.8 Å². The molecule has 1 heterocycles. The summed E-state index contributed by atoms with van der Waals surface area (Å²) in [4.78, 5) is 23.0. The maximum Gasteiger partial charge on any atom is 0.224 e. The van der Waals surface area contributed by atoms with E-state index in [0.29, 0.717) is 6.42 Å². The number of hydrogen-bond acceptors (Lipinski definition) is 5. The molecule has 7 nitrogen and oxygen atoms in total. The van der Waals surface area contributed by atoms with Crippen LogP contribution >= 0.6 is 11.8 Å². The predicted octanol–water partition coefficient (Wildman–Crippen LogP) is 4.68. The third kappa shape index (κ3) is 8.80. The van der Waals surface area contributed by atoms with Crippen molar-refractivity contribution in [1.29, 1.82) is 0 Å². The molecule has 0 aliphatic carbocycles. The summed E-state index contributed by atoms with van der Waals surface area (Å²) in [6.45, 7) is 9.89. The number of thioether (sulfide) groups is 1. The van der Waals surface area contributed by atoms with Crippen LogP contribution in [-0.4, -0.2) is 54.2 Å². The zero-order valence-electron chi connectivity index (χ0n) is 20.0. The molecule has 1 aromatic carbocycles. The van der Waals surface area contributed by atoms with Gasteiger partial charge in [0.05, 0.1) is 5.37 Å². The van der Waals surface area contributed by atoms with Crippen LogP contribution in [0.15, 0.2) is 58.2 Å². The van der Waals surface area contributed by atoms with Gasteiger partial charge < -0.3 is 25.8 Å². The van der Waals surface area contributed by atoms with Crippen molar-refractivity contribution in [2.24, 2.45) is 4.99 Å². The smallest absolute Gasteiger partial charge is 0.224 e. The highest BCUT2D eigenvalue weighted by molar-refractivity contribution is 7.99. The summed E-state index contributed by atoms with van der Waals surface area (Å²) in [7, 11) is 4.04. The van der Waals surface area contributed by atoms with E-state index in [-0.39, 0.29) is 11.3 Å². The molecule has 0 aliphatic rings. The first kappa shape index (κ1) is 25.5. The molecule has 0 aliphatic heterocycles. The molecule has 2 aromatic rings. The van der Waals surface area contributed by atoms with Crippen LogP contribution in [0.2, 0.25) is 0 Å². The molecule has 2 rings (SSSR count). The molecule has 1 atom stereocenters. The maximum atomic E-state index is 11.6. The number of aryl methyl sites for hydroxylation is 1. The highest BCUT2D eigenvalue weighted by Gasteiger charge is 2.08. The summed E-state index contributed by atoms with van der Waals surface area (Å²) >= 11 is 1.67. The number of anilines is 2. The van der Waals surface area contributed by atoms with Crippen LogP contribution in [0.1, 0.15) is 32.8 Å². The quantitative estimate of drug-likeness (QED) is 0.224. The van der Waals surface area contributed by atoms with Crippen molar-refractivity contribution in [3.05, 3.63) is 53.9 Å². The number of amidine groups is 1. The second-order valence-corrected chi connectivity index (χ2v) is 9.07. The number of carbonyl (C=O) groups is 1. The number of H-pyrrole nitrogens is 1. The highest BCUT2D eigenvalue weighted by Crippen LogP contribution is 2.26. The van der Waals surface area contributed by atoms with E-state index >= 15 is 0 Å². The van der Waals surface area contributed by atoms with Gasteiger partial charge in [0.15, 0.2) is 0 Å². The van der Waals surface area contributed by atoms with Crippen molar-refractivity contribution >= 4 is 35.0 Å². The van der Waals surface area contributed by atoms with Crippen LogP contribution in [0, 0.1) is 6.92 Å². The van der Waals surface area contributed by atoms with Crippen LogP contribution in [0.5, 0.6) is 0 Å². The summed E-state index contributed by atoms with van der Waals surface area (Å²) in [6, 6.07) is 9.93. The van der Waals surface area contributed by atoms with E-state index in [1.54, 1.807) is 11.8 Å². The lowest BCUT2D eigenvalue weighted by Gasteiger charge is -2.20. The molecule has 0 radical (unpaired) electrons. The van der Waals surface area contributed by atoms with Crippen molar-refractivity contribution < 1.29 is 4.79 Å². The number of rotatable bonds is 11. The standard InChI is InChI=1S/C24H36N6OS/c1-7-24(31)28-20-8-10-21(11-9-20)32-19(4)27-23(29-22-14-17(2)16-26-22)15-18(3)30(6)13-12-25-5/h8-11,14-16,19,25-26H,7,12-13H2,1-6H3,(H,27,29)(H,28,31)/b18-15+. The molecule has 1 unspecified atom stereocenters. The molecule has 8 heteroatoms. The monoisotopic (exact) mass is 456 g/mol. The minimum atomic E-state index is -0.00342. The molecule has 32 heavy (non-hydrogen) atoms. The predicted molar refractivity (Wildman–Crippen MR) is 138 cm³/mol. The number of amides is 1. The van der Waals surface area contributed by atoms with Gasteiger partial charge in [-0.25, -0.2) is 0 Å². The third-order valence-corrected chi connectivity index (χ3v) is 5.81. The summed E-state index contributed by atoms with van der Waals surface area (Å²) in [5.41, 5.74) is 3.10. The Labute approximate surface area is 196 Å². The van der Waals surface area contributed by atoms with Crippen molar-refractivity contribution in [3.8, 4) is 0 Å². The van der Waals surface area contributed by atoms with Crippen LogP contribution < -0.4 is 16.0 Å². The van der Waals surface area contributed by atoms with E-state index in [1.165, 1.54) is 0 Å². The Morgan fingerprint density at radius 2 is 2.00 bits per heavy atom. The summed E-state index contributed by atoms with van der Waals surface area (Å²) in [5.74, 6) is 1.73. The Bertz CT molecular complexity index is 919. The highest BCUT2D eigenvalue weighted by atomic mass is 32.2. The van der Waals surface area contributed by atoms with Gasteiger partial charge in [-0.1, -0.05) is 18.7 Å². The molecule has 174 valence electrons. The minimum absolute atomic E-state index is 0.00342. The second kappa shape index (κ2) is 13.0. The van der Waals surface area contributed by atoms with Gasteiger partial charge in [-0.3, -0.25) is 9.79 Å². The Balaban J connectivity index is 2.14. The number of aromatic nitrogens is 1. The topological polar surface area (TPSA) is 84.6 Å². The lowest BCUT2D eigenvalue weighted by Crippen LogP contribution is -2.27. The van der Waals surface area contributed by atoms with Gasteiger partial charge in [-0.2, -0.15) is 0 Å². The zero-order valence-corrected chi connectivity index (χ0v) is 20.8. The Morgan fingerprint density at radius 3 is 2.59 bits per heavy atom. The number of benzene rings is 1. The van der Waals surface area contributed by atoms with Gasteiger partial charge in [-0.15, -0.1) is 0 Å². The van der Waals surface area contributed by atoms with Gasteiger partial charge in [0, 0.05) is 49.0 Å². The second-order valence-electron chi connectivity index (χ2n) is 7.68. The average Bonchev–Trinajstić information content (AvgIpc) is 3.17. The van der Waals surface area contributed by atoms with Gasteiger partial charge in [0.2, 0.25) is 5.91 Å². The molecule has 1 amide bonds. The number of nitrogens with one attached hydrogen (secondary N) is 4. The van der Waals surface area contributed by atoms with Gasteiger partial charge >= 0.3 is 0 Å². The van der Waals surface area contributed by atoms with Crippen molar-refractivity contribution in [3.63, 3.8) is 0 Å². The van der Waals surface area contributed by atoms with Crippen LogP contribution in [0.4, 0.5) is 11.5 Å². The minimum Gasteiger partial charge on any atom is -0.377 e. The molecular weight excluding hydrogens is 420 g/mol. The Morgan fingerprint density at radius 1 is 1.28 bits per heavy atom. The summed E-state index contributed by atoms with van der Waals surface area (Å²) in [5, 5.41) is 9.46. The third-order valence-electron chi connectivity index (χ3n) is 4.82. The van der Waals surface area contributed by atoms with Crippen LogP contribution in [0.25, 0.3) is 0 Å². The number of aromatic amines is 1. The number of nitrogens with zero attached hydrogens (tertiary/aromatic N) is 2. The average molecular weight is 457 g/mol. The van der Waals surface area contributed by atoms with E-state index in [0.717, 1.165) is 46.6 Å². The molecule has 0 bridgehead atoms.